The monoisotopic (exact) mass is 484 g/mol. The van der Waals surface area contributed by atoms with Crippen molar-refractivity contribution in [2.75, 3.05) is 0 Å². The Kier molecular flexibility index (Phi) is 7.93. The van der Waals surface area contributed by atoms with Crippen molar-refractivity contribution in [3.05, 3.63) is 42.5 Å². The number of rotatable bonds is 7. The second-order valence-electron chi connectivity index (χ2n) is 10.5. The number of aliphatic carboxylic acids is 1. The smallest absolute Gasteiger partial charge is 0.408 e. The van der Waals surface area contributed by atoms with E-state index in [0.717, 1.165) is 16.5 Å². The summed E-state index contributed by atoms with van der Waals surface area (Å²) < 4.78 is 11.5. The molecule has 0 saturated heterocycles. The van der Waals surface area contributed by atoms with Gasteiger partial charge in [0.15, 0.2) is 0 Å². The first kappa shape index (κ1) is 26.3. The molecule has 2 amide bonds. The molecule has 35 heavy (non-hydrogen) atoms. The molecular weight excluding hydrogens is 448 g/mol. The molecule has 8 nitrogen and oxygen atoms in total. The first-order valence-corrected chi connectivity index (χ1v) is 12.1. The third kappa shape index (κ3) is 6.65. The first-order chi connectivity index (χ1) is 16.4. The van der Waals surface area contributed by atoms with Gasteiger partial charge in [0.25, 0.3) is 0 Å². The highest BCUT2D eigenvalue weighted by atomic mass is 16.6. The van der Waals surface area contributed by atoms with E-state index in [0.29, 0.717) is 12.8 Å². The maximum atomic E-state index is 13.1. The molecule has 1 saturated carbocycles. The van der Waals surface area contributed by atoms with Gasteiger partial charge in [0.1, 0.15) is 22.9 Å². The molecule has 0 unspecified atom stereocenters. The molecule has 0 aliphatic heterocycles. The summed E-state index contributed by atoms with van der Waals surface area (Å²) in [6.45, 7) is 8.76. The van der Waals surface area contributed by atoms with Gasteiger partial charge in [-0.3, -0.25) is 4.79 Å². The minimum atomic E-state index is -1.42. The van der Waals surface area contributed by atoms with Crippen LogP contribution in [0.4, 0.5) is 4.79 Å². The summed E-state index contributed by atoms with van der Waals surface area (Å²) in [7, 11) is 0. The summed E-state index contributed by atoms with van der Waals surface area (Å²) in [4.78, 5) is 37.6. The SMILES string of the molecule is CC(C)[C@H](NC(=O)OC(C)(C)C)C(=O)N[C@]1(C(=O)O)CC[C@H](Oc2cccc3ccccc23)CC1. The summed E-state index contributed by atoms with van der Waals surface area (Å²) in [6, 6.07) is 12.9. The van der Waals surface area contributed by atoms with Crippen LogP contribution in [0, 0.1) is 5.92 Å². The number of nitrogens with one attached hydrogen (secondary N) is 2. The topological polar surface area (TPSA) is 114 Å². The third-order valence-corrected chi connectivity index (χ3v) is 6.22. The Labute approximate surface area is 206 Å². The van der Waals surface area contributed by atoms with Crippen molar-refractivity contribution in [2.45, 2.75) is 83.6 Å². The van der Waals surface area contributed by atoms with Crippen LogP contribution in [-0.2, 0) is 14.3 Å². The van der Waals surface area contributed by atoms with E-state index in [4.69, 9.17) is 9.47 Å². The molecule has 3 rings (SSSR count). The Morgan fingerprint density at radius 2 is 1.66 bits per heavy atom. The third-order valence-electron chi connectivity index (χ3n) is 6.22. The Hall–Kier alpha value is -3.29. The predicted molar refractivity (Wildman–Crippen MR) is 133 cm³/mol. The van der Waals surface area contributed by atoms with Crippen LogP contribution in [0.15, 0.2) is 42.5 Å². The largest absolute Gasteiger partial charge is 0.490 e. The molecule has 1 fully saturated rings. The van der Waals surface area contributed by atoms with E-state index in [-0.39, 0.29) is 24.9 Å². The van der Waals surface area contributed by atoms with Gasteiger partial charge in [0, 0.05) is 5.39 Å². The number of carbonyl (C=O) groups is 3. The van der Waals surface area contributed by atoms with Gasteiger partial charge >= 0.3 is 12.1 Å². The van der Waals surface area contributed by atoms with Gasteiger partial charge < -0.3 is 25.2 Å². The van der Waals surface area contributed by atoms with Crippen molar-refractivity contribution in [2.24, 2.45) is 5.92 Å². The lowest BCUT2D eigenvalue weighted by atomic mass is 9.79. The van der Waals surface area contributed by atoms with E-state index in [9.17, 15) is 19.5 Å². The fraction of sp³-hybridized carbons (Fsp3) is 0.519. The Balaban J connectivity index is 1.67. The molecule has 0 spiro atoms. The van der Waals surface area contributed by atoms with E-state index in [1.54, 1.807) is 34.6 Å². The minimum Gasteiger partial charge on any atom is -0.490 e. The van der Waals surface area contributed by atoms with Crippen molar-refractivity contribution in [3.8, 4) is 5.75 Å². The number of carbonyl (C=O) groups excluding carboxylic acids is 2. The van der Waals surface area contributed by atoms with Gasteiger partial charge in [-0.1, -0.05) is 50.2 Å². The van der Waals surface area contributed by atoms with Crippen LogP contribution in [0.5, 0.6) is 5.75 Å². The average molecular weight is 485 g/mol. The van der Waals surface area contributed by atoms with Crippen molar-refractivity contribution in [1.29, 1.82) is 0 Å². The van der Waals surface area contributed by atoms with Crippen LogP contribution in [0.3, 0.4) is 0 Å². The van der Waals surface area contributed by atoms with E-state index in [1.807, 2.05) is 42.5 Å². The van der Waals surface area contributed by atoms with E-state index >= 15 is 0 Å². The van der Waals surface area contributed by atoms with Gasteiger partial charge in [-0.25, -0.2) is 9.59 Å². The summed E-state index contributed by atoms with van der Waals surface area (Å²) >= 11 is 0. The highest BCUT2D eigenvalue weighted by Crippen LogP contribution is 2.34. The van der Waals surface area contributed by atoms with Gasteiger partial charge in [0.2, 0.25) is 5.91 Å². The van der Waals surface area contributed by atoms with Gasteiger partial charge in [0.05, 0.1) is 6.10 Å². The summed E-state index contributed by atoms with van der Waals surface area (Å²) in [6.07, 6.45) is 0.513. The number of fused-ring (bicyclic) bond motifs is 1. The van der Waals surface area contributed by atoms with E-state index in [2.05, 4.69) is 10.6 Å². The lowest BCUT2D eigenvalue weighted by Crippen LogP contribution is -2.62. The van der Waals surface area contributed by atoms with Gasteiger partial charge in [-0.2, -0.15) is 0 Å². The van der Waals surface area contributed by atoms with Crippen LogP contribution in [0.1, 0.15) is 60.3 Å². The quantitative estimate of drug-likeness (QED) is 0.527. The normalized spacial score (nSPS) is 21.3. The zero-order chi connectivity index (χ0) is 25.8. The van der Waals surface area contributed by atoms with Crippen molar-refractivity contribution in [1.82, 2.24) is 10.6 Å². The zero-order valence-electron chi connectivity index (χ0n) is 21.1. The Morgan fingerprint density at radius 3 is 2.26 bits per heavy atom. The Bertz CT molecular complexity index is 1060. The number of benzene rings is 2. The molecule has 0 aromatic heterocycles. The van der Waals surface area contributed by atoms with Crippen molar-refractivity contribution in [3.63, 3.8) is 0 Å². The molecule has 0 radical (unpaired) electrons. The molecule has 190 valence electrons. The fourth-order valence-electron chi connectivity index (χ4n) is 4.36. The second kappa shape index (κ2) is 10.5. The molecule has 0 heterocycles. The molecule has 1 aliphatic rings. The number of alkyl carbamates (subject to hydrolysis) is 1. The summed E-state index contributed by atoms with van der Waals surface area (Å²) in [5, 5.41) is 17.4. The molecule has 3 N–H and O–H groups in total. The Morgan fingerprint density at radius 1 is 1.03 bits per heavy atom. The number of hydrogen-bond acceptors (Lipinski definition) is 5. The van der Waals surface area contributed by atoms with Gasteiger partial charge in [-0.15, -0.1) is 0 Å². The lowest BCUT2D eigenvalue weighted by molar-refractivity contribution is -0.150. The second-order valence-corrected chi connectivity index (χ2v) is 10.5. The highest BCUT2D eigenvalue weighted by molar-refractivity contribution is 5.91. The van der Waals surface area contributed by atoms with Crippen LogP contribution in [0.2, 0.25) is 0 Å². The van der Waals surface area contributed by atoms with Crippen LogP contribution in [0.25, 0.3) is 10.8 Å². The van der Waals surface area contributed by atoms with Crippen molar-refractivity contribution >= 4 is 28.7 Å². The number of carboxylic acids is 1. The first-order valence-electron chi connectivity index (χ1n) is 12.1. The van der Waals surface area contributed by atoms with Crippen LogP contribution in [-0.4, -0.2) is 46.4 Å². The predicted octanol–water partition coefficient (Wildman–Crippen LogP) is 4.65. The molecule has 2 aromatic rings. The van der Waals surface area contributed by atoms with Crippen LogP contribution < -0.4 is 15.4 Å². The van der Waals surface area contributed by atoms with Gasteiger partial charge in [-0.05, 0) is 63.8 Å². The van der Waals surface area contributed by atoms with E-state index < -0.39 is 35.2 Å². The average Bonchev–Trinajstić information content (AvgIpc) is 2.77. The zero-order valence-corrected chi connectivity index (χ0v) is 21.1. The molecule has 0 bridgehead atoms. The molecule has 1 aliphatic carbocycles. The van der Waals surface area contributed by atoms with E-state index in [1.165, 1.54) is 0 Å². The molecule has 8 heteroatoms. The lowest BCUT2D eigenvalue weighted by Gasteiger charge is -2.38. The molecular formula is C27H36N2O6. The number of carboxylic acid groups (broad SMARTS) is 1. The van der Waals surface area contributed by atoms with Crippen molar-refractivity contribution < 1.29 is 29.0 Å². The van der Waals surface area contributed by atoms with Crippen LogP contribution >= 0.6 is 0 Å². The maximum absolute atomic E-state index is 13.1. The summed E-state index contributed by atoms with van der Waals surface area (Å²) in [5.74, 6) is -1.13. The maximum Gasteiger partial charge on any atom is 0.408 e. The standard InChI is InChI=1S/C27H36N2O6/c1-17(2)22(28-25(33)35-26(3,4)5)23(30)29-27(24(31)32)15-13-19(14-16-27)34-21-12-8-10-18-9-6-7-11-20(18)21/h6-12,17,19,22H,13-16H2,1-5H3,(H,28,33)(H,29,30)(H,31,32)/t19-,22-,27+/m0/s1. The molecule has 1 atom stereocenters. The molecule has 2 aromatic carbocycles. The summed E-state index contributed by atoms with van der Waals surface area (Å²) in [5.41, 5.74) is -2.13. The highest BCUT2D eigenvalue weighted by Gasteiger charge is 2.45. The fourth-order valence-corrected chi connectivity index (χ4v) is 4.36. The number of amides is 2. The number of hydrogen-bond donors (Lipinski definition) is 3. The number of ether oxygens (including phenoxy) is 2. The minimum absolute atomic E-state index is 0.161.